The first-order valence-electron chi connectivity index (χ1n) is 4.07. The third kappa shape index (κ3) is 0.781. The van der Waals surface area contributed by atoms with Crippen molar-refractivity contribution in [3.63, 3.8) is 0 Å². The second-order valence-electron chi connectivity index (χ2n) is 3.59. The summed E-state index contributed by atoms with van der Waals surface area (Å²) in [5.74, 6) is 0.0590. The summed E-state index contributed by atoms with van der Waals surface area (Å²) in [6, 6.07) is 0. The van der Waals surface area contributed by atoms with Gasteiger partial charge >= 0.3 is 0 Å². The monoisotopic (exact) mass is 156 g/mol. The first kappa shape index (κ1) is 7.25. The average molecular weight is 156 g/mol. The molecule has 0 aromatic rings. The number of rotatable bonds is 0. The Bertz CT molecular complexity index is 202. The Kier molecular flexibility index (Phi) is 1.35. The maximum Gasteiger partial charge on any atom is 0.144 e. The Morgan fingerprint density at radius 3 is 2.36 bits per heavy atom. The second-order valence-corrected chi connectivity index (χ2v) is 3.59. The molecule has 1 spiro atoms. The second kappa shape index (κ2) is 2.05. The van der Waals surface area contributed by atoms with Gasteiger partial charge in [-0.25, -0.2) is 0 Å². The topological polar surface area (TPSA) is 57.5 Å². The number of hydrogen-bond donors (Lipinski definition) is 2. The highest BCUT2D eigenvalue weighted by Gasteiger charge is 2.64. The fraction of sp³-hybridized carbons (Fsp3) is 0.875. The fourth-order valence-electron chi connectivity index (χ4n) is 2.05. The third-order valence-electron chi connectivity index (χ3n) is 2.96. The summed E-state index contributed by atoms with van der Waals surface area (Å²) in [6.45, 7) is 0. The van der Waals surface area contributed by atoms with Gasteiger partial charge in [-0.05, 0) is 19.3 Å². The van der Waals surface area contributed by atoms with Crippen LogP contribution >= 0.6 is 0 Å². The molecule has 0 amide bonds. The number of hydrogen-bond acceptors (Lipinski definition) is 3. The Morgan fingerprint density at radius 2 is 2.00 bits per heavy atom. The highest BCUT2D eigenvalue weighted by molar-refractivity contribution is 5.90. The molecule has 2 aliphatic rings. The van der Waals surface area contributed by atoms with Gasteiger partial charge < -0.3 is 10.2 Å². The predicted octanol–water partition coefficient (Wildman–Crippen LogP) is -0.149. The van der Waals surface area contributed by atoms with Gasteiger partial charge in [0.15, 0.2) is 0 Å². The molecule has 3 heteroatoms. The molecular weight excluding hydrogens is 144 g/mol. The van der Waals surface area contributed by atoms with Crippen molar-refractivity contribution in [1.82, 2.24) is 0 Å². The molecule has 0 radical (unpaired) electrons. The predicted molar refractivity (Wildman–Crippen MR) is 37.9 cm³/mol. The zero-order chi connectivity index (χ0) is 8.06. The number of carbonyl (C=O) groups is 1. The van der Waals surface area contributed by atoms with Crippen LogP contribution in [0.5, 0.6) is 0 Å². The molecule has 2 saturated carbocycles. The van der Waals surface area contributed by atoms with Crippen LogP contribution in [0.3, 0.4) is 0 Å². The quantitative estimate of drug-likeness (QED) is 0.513. The van der Waals surface area contributed by atoms with Gasteiger partial charge in [-0.3, -0.25) is 4.79 Å². The van der Waals surface area contributed by atoms with Crippen molar-refractivity contribution in [3.8, 4) is 0 Å². The number of Topliss-reactive ketones (excluding diaryl/α,β-unsaturated/α-hetero) is 1. The number of aliphatic hydroxyl groups is 2. The van der Waals surface area contributed by atoms with E-state index in [0.29, 0.717) is 19.3 Å². The fourth-order valence-corrected chi connectivity index (χ4v) is 2.05. The molecule has 2 fully saturated rings. The Balaban J connectivity index is 2.21. The molecule has 0 aromatic carbocycles. The molecule has 62 valence electrons. The van der Waals surface area contributed by atoms with E-state index in [1.807, 2.05) is 0 Å². The molecule has 3 nitrogen and oxygen atoms in total. The molecule has 0 bridgehead atoms. The Labute approximate surface area is 65.0 Å². The smallest absolute Gasteiger partial charge is 0.144 e. The molecule has 11 heavy (non-hydrogen) atoms. The molecule has 3 unspecified atom stereocenters. The SMILES string of the molecule is O=C1CCCC(O)C12CC2O. The zero-order valence-corrected chi connectivity index (χ0v) is 6.29. The van der Waals surface area contributed by atoms with Crippen LogP contribution in [0.2, 0.25) is 0 Å². The molecule has 0 saturated heterocycles. The van der Waals surface area contributed by atoms with Gasteiger partial charge in [-0.1, -0.05) is 0 Å². The maximum atomic E-state index is 11.3. The van der Waals surface area contributed by atoms with E-state index in [2.05, 4.69) is 0 Å². The van der Waals surface area contributed by atoms with Crippen molar-refractivity contribution >= 4 is 5.78 Å². The van der Waals surface area contributed by atoms with Gasteiger partial charge in [0, 0.05) is 6.42 Å². The van der Waals surface area contributed by atoms with Crippen LogP contribution < -0.4 is 0 Å². The van der Waals surface area contributed by atoms with E-state index < -0.39 is 17.6 Å². The minimum Gasteiger partial charge on any atom is -0.392 e. The van der Waals surface area contributed by atoms with Gasteiger partial charge in [0.05, 0.1) is 17.6 Å². The van der Waals surface area contributed by atoms with E-state index in [-0.39, 0.29) is 5.78 Å². The van der Waals surface area contributed by atoms with E-state index in [1.54, 1.807) is 0 Å². The first-order chi connectivity index (χ1) is 5.18. The lowest BCUT2D eigenvalue weighted by Crippen LogP contribution is -2.37. The van der Waals surface area contributed by atoms with Gasteiger partial charge in [0.1, 0.15) is 5.78 Å². The molecular formula is C8H12O3. The average Bonchev–Trinajstić information content (AvgIpc) is 2.60. The highest BCUT2D eigenvalue weighted by atomic mass is 16.3. The van der Waals surface area contributed by atoms with Crippen molar-refractivity contribution < 1.29 is 15.0 Å². The van der Waals surface area contributed by atoms with E-state index in [4.69, 9.17) is 0 Å². The molecule has 2 N–H and O–H groups in total. The van der Waals surface area contributed by atoms with Crippen LogP contribution in [0.15, 0.2) is 0 Å². The van der Waals surface area contributed by atoms with Gasteiger partial charge in [-0.15, -0.1) is 0 Å². The minimum absolute atomic E-state index is 0.0590. The van der Waals surface area contributed by atoms with E-state index in [0.717, 1.165) is 6.42 Å². The Morgan fingerprint density at radius 1 is 1.36 bits per heavy atom. The minimum atomic E-state index is -0.724. The van der Waals surface area contributed by atoms with Crippen LogP contribution in [0.4, 0.5) is 0 Å². The van der Waals surface area contributed by atoms with Crippen molar-refractivity contribution in [1.29, 1.82) is 0 Å². The van der Waals surface area contributed by atoms with Crippen LogP contribution in [0, 0.1) is 5.41 Å². The lowest BCUT2D eigenvalue weighted by molar-refractivity contribution is -0.133. The summed E-state index contributed by atoms with van der Waals surface area (Å²) >= 11 is 0. The molecule has 2 aliphatic carbocycles. The molecule has 0 aliphatic heterocycles. The van der Waals surface area contributed by atoms with Gasteiger partial charge in [-0.2, -0.15) is 0 Å². The number of carbonyl (C=O) groups excluding carboxylic acids is 1. The van der Waals surface area contributed by atoms with Crippen LogP contribution in [0.1, 0.15) is 25.7 Å². The lowest BCUT2D eigenvalue weighted by Gasteiger charge is -2.26. The van der Waals surface area contributed by atoms with Crippen LogP contribution in [0.25, 0.3) is 0 Å². The highest BCUT2D eigenvalue weighted by Crippen LogP contribution is 2.53. The normalized spacial score (nSPS) is 49.8. The van der Waals surface area contributed by atoms with Crippen molar-refractivity contribution in [2.45, 2.75) is 37.9 Å². The van der Waals surface area contributed by atoms with E-state index in [9.17, 15) is 15.0 Å². The lowest BCUT2D eigenvalue weighted by atomic mass is 9.82. The molecule has 3 atom stereocenters. The standard InChI is InChI=1S/C8H12O3/c9-5-2-1-3-6(10)8(5)4-7(8)11/h5,7,9,11H,1-4H2. The Hall–Kier alpha value is -0.410. The van der Waals surface area contributed by atoms with Crippen molar-refractivity contribution in [2.75, 3.05) is 0 Å². The first-order valence-corrected chi connectivity index (χ1v) is 4.07. The summed E-state index contributed by atoms with van der Waals surface area (Å²) in [4.78, 5) is 11.3. The van der Waals surface area contributed by atoms with Crippen molar-refractivity contribution in [3.05, 3.63) is 0 Å². The maximum absolute atomic E-state index is 11.3. The van der Waals surface area contributed by atoms with Crippen LogP contribution in [-0.4, -0.2) is 28.2 Å². The molecule has 0 heterocycles. The molecule has 2 rings (SSSR count). The summed E-state index contributed by atoms with van der Waals surface area (Å²) in [5.41, 5.74) is -0.724. The third-order valence-corrected chi connectivity index (χ3v) is 2.96. The summed E-state index contributed by atoms with van der Waals surface area (Å²) in [6.07, 6.45) is 1.31. The zero-order valence-electron chi connectivity index (χ0n) is 6.29. The number of aliphatic hydroxyl groups excluding tert-OH is 2. The van der Waals surface area contributed by atoms with E-state index in [1.165, 1.54) is 0 Å². The number of ketones is 1. The van der Waals surface area contributed by atoms with Crippen molar-refractivity contribution in [2.24, 2.45) is 5.41 Å². The molecule has 0 aromatic heterocycles. The summed E-state index contributed by atoms with van der Waals surface area (Å²) in [7, 11) is 0. The largest absolute Gasteiger partial charge is 0.392 e. The summed E-state index contributed by atoms with van der Waals surface area (Å²) in [5, 5.41) is 18.7. The summed E-state index contributed by atoms with van der Waals surface area (Å²) < 4.78 is 0. The van der Waals surface area contributed by atoms with Gasteiger partial charge in [0.2, 0.25) is 0 Å². The van der Waals surface area contributed by atoms with Gasteiger partial charge in [0.25, 0.3) is 0 Å². The van der Waals surface area contributed by atoms with E-state index >= 15 is 0 Å². The van der Waals surface area contributed by atoms with Crippen LogP contribution in [-0.2, 0) is 4.79 Å².